The number of esters is 1. The molecule has 5 heteroatoms. The predicted molar refractivity (Wildman–Crippen MR) is 138 cm³/mol. The maximum atomic E-state index is 12.3. The fraction of sp³-hybridized carbons (Fsp3) is 0.258. The first kappa shape index (κ1) is 22.8. The standard InChI is InChI=1S/C31H28O5/c1-33-31(12-14-34-15-13-31)24-9-5-6-21(16-24)19-35-25-11-10-23-17-27-28(20-36-30(27)32)29(26(23)18-25)22-7-3-2-4-8-22/h2-11,16-18H,12-15,19-20H2,1H3. The van der Waals surface area contributed by atoms with Gasteiger partial charge in [-0.15, -0.1) is 0 Å². The highest BCUT2D eigenvalue weighted by molar-refractivity contribution is 6.07. The van der Waals surface area contributed by atoms with Crippen molar-refractivity contribution in [2.75, 3.05) is 20.3 Å². The van der Waals surface area contributed by atoms with Crippen LogP contribution in [0.4, 0.5) is 0 Å². The van der Waals surface area contributed by atoms with Crippen LogP contribution in [-0.4, -0.2) is 26.3 Å². The lowest BCUT2D eigenvalue weighted by atomic mass is 9.85. The van der Waals surface area contributed by atoms with Gasteiger partial charge in [-0.1, -0.05) is 54.6 Å². The number of hydrogen-bond acceptors (Lipinski definition) is 5. The van der Waals surface area contributed by atoms with Gasteiger partial charge in [-0.2, -0.15) is 0 Å². The molecule has 0 amide bonds. The molecule has 0 radical (unpaired) electrons. The van der Waals surface area contributed by atoms with Crippen molar-refractivity contribution in [2.45, 2.75) is 31.7 Å². The Hall–Kier alpha value is -3.67. The molecule has 0 saturated carbocycles. The summed E-state index contributed by atoms with van der Waals surface area (Å²) in [5.41, 5.74) is 5.62. The van der Waals surface area contributed by atoms with Gasteiger partial charge in [-0.25, -0.2) is 4.79 Å². The minimum Gasteiger partial charge on any atom is -0.489 e. The SMILES string of the molecule is COC1(c2cccc(COc3ccc4cc5c(c(-c6ccccc6)c4c3)COC5=O)c2)CCOCC1. The molecular weight excluding hydrogens is 452 g/mol. The average Bonchev–Trinajstić information content (AvgIpc) is 3.31. The topological polar surface area (TPSA) is 54.0 Å². The van der Waals surface area contributed by atoms with Crippen LogP contribution in [0.15, 0.2) is 78.9 Å². The first-order valence-electron chi connectivity index (χ1n) is 12.3. The minimum atomic E-state index is -0.304. The second-order valence-corrected chi connectivity index (χ2v) is 9.40. The van der Waals surface area contributed by atoms with Gasteiger partial charge >= 0.3 is 5.97 Å². The lowest BCUT2D eigenvalue weighted by molar-refractivity contribution is -0.0948. The van der Waals surface area contributed by atoms with E-state index in [0.717, 1.165) is 51.6 Å². The van der Waals surface area contributed by atoms with Gasteiger partial charge in [-0.3, -0.25) is 0 Å². The molecule has 6 rings (SSSR count). The Bertz CT molecular complexity index is 1420. The van der Waals surface area contributed by atoms with E-state index in [0.29, 0.717) is 32.0 Å². The number of carbonyl (C=O) groups is 1. The van der Waals surface area contributed by atoms with Crippen LogP contribution in [0.5, 0.6) is 5.75 Å². The lowest BCUT2D eigenvalue weighted by Crippen LogP contribution is -2.35. The van der Waals surface area contributed by atoms with E-state index < -0.39 is 0 Å². The molecule has 0 N–H and O–H groups in total. The summed E-state index contributed by atoms with van der Waals surface area (Å²) in [6, 6.07) is 26.6. The van der Waals surface area contributed by atoms with Gasteiger partial charge in [-0.05, 0) is 57.3 Å². The van der Waals surface area contributed by atoms with Gasteiger partial charge in [0.05, 0.1) is 11.2 Å². The van der Waals surface area contributed by atoms with Gasteiger partial charge in [0.15, 0.2) is 0 Å². The van der Waals surface area contributed by atoms with Crippen molar-refractivity contribution in [2.24, 2.45) is 0 Å². The molecule has 0 aromatic heterocycles. The van der Waals surface area contributed by atoms with Crippen molar-refractivity contribution < 1.29 is 23.7 Å². The Morgan fingerprint density at radius 1 is 0.917 bits per heavy atom. The number of cyclic esters (lactones) is 1. The van der Waals surface area contributed by atoms with Crippen LogP contribution in [0.2, 0.25) is 0 Å². The summed E-state index contributed by atoms with van der Waals surface area (Å²) >= 11 is 0. The number of carbonyl (C=O) groups excluding carboxylic acids is 1. The van der Waals surface area contributed by atoms with Gasteiger partial charge in [0.25, 0.3) is 0 Å². The second kappa shape index (κ2) is 9.41. The summed E-state index contributed by atoms with van der Waals surface area (Å²) in [7, 11) is 1.78. The van der Waals surface area contributed by atoms with E-state index in [2.05, 4.69) is 42.5 Å². The first-order chi connectivity index (χ1) is 17.7. The molecule has 182 valence electrons. The average molecular weight is 481 g/mol. The number of benzene rings is 4. The highest BCUT2D eigenvalue weighted by Gasteiger charge is 2.34. The van der Waals surface area contributed by atoms with Gasteiger partial charge < -0.3 is 18.9 Å². The molecule has 2 heterocycles. The summed E-state index contributed by atoms with van der Waals surface area (Å²) in [6.45, 7) is 2.15. The quantitative estimate of drug-likeness (QED) is 0.299. The van der Waals surface area contributed by atoms with E-state index in [9.17, 15) is 4.79 Å². The maximum Gasteiger partial charge on any atom is 0.338 e. The van der Waals surface area contributed by atoms with Crippen LogP contribution < -0.4 is 4.74 Å². The van der Waals surface area contributed by atoms with E-state index >= 15 is 0 Å². The highest BCUT2D eigenvalue weighted by Crippen LogP contribution is 2.40. The third-order valence-corrected chi connectivity index (χ3v) is 7.40. The third kappa shape index (κ3) is 4.04. The molecule has 36 heavy (non-hydrogen) atoms. The predicted octanol–water partition coefficient (Wildman–Crippen LogP) is 6.41. The van der Waals surface area contributed by atoms with E-state index in [4.69, 9.17) is 18.9 Å². The van der Waals surface area contributed by atoms with Crippen molar-refractivity contribution in [3.05, 3.63) is 101 Å². The number of hydrogen-bond donors (Lipinski definition) is 0. The second-order valence-electron chi connectivity index (χ2n) is 9.40. The molecule has 0 atom stereocenters. The summed E-state index contributed by atoms with van der Waals surface area (Å²) in [6.07, 6.45) is 1.69. The Morgan fingerprint density at radius 3 is 2.56 bits per heavy atom. The van der Waals surface area contributed by atoms with Crippen molar-refractivity contribution in [3.63, 3.8) is 0 Å². The smallest absolute Gasteiger partial charge is 0.338 e. The Kier molecular flexibility index (Phi) is 5.96. The van der Waals surface area contributed by atoms with Crippen molar-refractivity contribution in [3.8, 4) is 16.9 Å². The fourth-order valence-electron chi connectivity index (χ4n) is 5.41. The van der Waals surface area contributed by atoms with Crippen LogP contribution in [0.1, 0.15) is 39.9 Å². The zero-order valence-electron chi connectivity index (χ0n) is 20.3. The molecule has 0 unspecified atom stereocenters. The summed E-state index contributed by atoms with van der Waals surface area (Å²) < 4.78 is 23.2. The molecule has 1 saturated heterocycles. The summed E-state index contributed by atoms with van der Waals surface area (Å²) in [5, 5.41) is 2.03. The molecule has 0 bridgehead atoms. The van der Waals surface area contributed by atoms with Crippen molar-refractivity contribution >= 4 is 16.7 Å². The number of rotatable bonds is 6. The van der Waals surface area contributed by atoms with E-state index in [1.54, 1.807) is 7.11 Å². The maximum absolute atomic E-state index is 12.3. The fourth-order valence-corrected chi connectivity index (χ4v) is 5.41. The van der Waals surface area contributed by atoms with E-state index in [1.807, 2.05) is 36.4 Å². The summed E-state index contributed by atoms with van der Waals surface area (Å²) in [5.74, 6) is 0.519. The van der Waals surface area contributed by atoms with Crippen LogP contribution in [-0.2, 0) is 33.0 Å². The normalized spacial score (nSPS) is 16.5. The zero-order chi connectivity index (χ0) is 24.5. The van der Waals surface area contributed by atoms with Gasteiger partial charge in [0.1, 0.15) is 19.0 Å². The number of methoxy groups -OCH3 is 1. The van der Waals surface area contributed by atoms with Crippen LogP contribution in [0.25, 0.3) is 21.9 Å². The minimum absolute atomic E-state index is 0.261. The largest absolute Gasteiger partial charge is 0.489 e. The lowest BCUT2D eigenvalue weighted by Gasteiger charge is -2.36. The van der Waals surface area contributed by atoms with Crippen LogP contribution in [0.3, 0.4) is 0 Å². The molecule has 2 aliphatic heterocycles. The van der Waals surface area contributed by atoms with Crippen molar-refractivity contribution in [1.29, 1.82) is 0 Å². The highest BCUT2D eigenvalue weighted by atomic mass is 16.5. The Balaban J connectivity index is 1.32. The Labute approximate surface area is 210 Å². The van der Waals surface area contributed by atoms with Crippen LogP contribution in [0, 0.1) is 0 Å². The number of ether oxygens (including phenoxy) is 4. The first-order valence-corrected chi connectivity index (χ1v) is 12.3. The summed E-state index contributed by atoms with van der Waals surface area (Å²) in [4.78, 5) is 12.3. The van der Waals surface area contributed by atoms with Gasteiger partial charge in [0, 0.05) is 38.7 Å². The molecule has 2 aliphatic rings. The van der Waals surface area contributed by atoms with Crippen LogP contribution >= 0.6 is 0 Å². The molecule has 0 spiro atoms. The van der Waals surface area contributed by atoms with Crippen molar-refractivity contribution in [1.82, 2.24) is 0 Å². The molecule has 0 aliphatic carbocycles. The van der Waals surface area contributed by atoms with E-state index in [1.165, 1.54) is 5.56 Å². The zero-order valence-corrected chi connectivity index (χ0v) is 20.3. The molecule has 4 aromatic rings. The number of fused-ring (bicyclic) bond motifs is 2. The third-order valence-electron chi connectivity index (χ3n) is 7.40. The Morgan fingerprint density at radius 2 is 1.75 bits per heavy atom. The molecule has 1 fully saturated rings. The van der Waals surface area contributed by atoms with E-state index in [-0.39, 0.29) is 11.6 Å². The monoisotopic (exact) mass is 480 g/mol. The van der Waals surface area contributed by atoms with Gasteiger partial charge in [0.2, 0.25) is 0 Å². The molecule has 4 aromatic carbocycles. The molecule has 5 nitrogen and oxygen atoms in total. The molecular formula is C31H28O5.